The Labute approximate surface area is 108 Å². The van der Waals surface area contributed by atoms with Crippen molar-refractivity contribution in [2.75, 3.05) is 13.1 Å². The van der Waals surface area contributed by atoms with E-state index in [0.717, 1.165) is 0 Å². The number of rotatable bonds is 3. The summed E-state index contributed by atoms with van der Waals surface area (Å²) in [5.74, 6) is -0.255. The second-order valence-corrected chi connectivity index (χ2v) is 6.46. The van der Waals surface area contributed by atoms with Crippen LogP contribution in [0.25, 0.3) is 0 Å². The Morgan fingerprint density at radius 3 is 2.44 bits per heavy atom. The van der Waals surface area contributed by atoms with E-state index in [4.69, 9.17) is 5.11 Å². The maximum Gasteiger partial charge on any atom is 0.317 e. The first-order chi connectivity index (χ1) is 8.24. The van der Waals surface area contributed by atoms with Crippen LogP contribution in [0, 0.1) is 11.3 Å². The molecule has 0 aromatic rings. The van der Waals surface area contributed by atoms with Gasteiger partial charge in [0, 0.05) is 18.6 Å². The highest BCUT2D eigenvalue weighted by atomic mass is 16.4. The van der Waals surface area contributed by atoms with Crippen molar-refractivity contribution in [3.8, 4) is 0 Å². The zero-order chi connectivity index (χ0) is 13.6. The molecule has 5 heteroatoms. The van der Waals surface area contributed by atoms with E-state index < -0.39 is 11.4 Å². The zero-order valence-electron chi connectivity index (χ0n) is 11.3. The van der Waals surface area contributed by atoms with Gasteiger partial charge in [-0.05, 0) is 46.0 Å². The molecule has 2 rings (SSSR count). The van der Waals surface area contributed by atoms with E-state index >= 15 is 0 Å². The van der Waals surface area contributed by atoms with Crippen LogP contribution in [-0.4, -0.2) is 40.6 Å². The molecule has 0 bridgehead atoms. The lowest BCUT2D eigenvalue weighted by atomic mass is 9.90. The third-order valence-corrected chi connectivity index (χ3v) is 4.30. The maximum atomic E-state index is 12.1. The Balaban J connectivity index is 1.93. The highest BCUT2D eigenvalue weighted by molar-refractivity contribution is 5.79. The van der Waals surface area contributed by atoms with Crippen LogP contribution in [0.5, 0.6) is 0 Å². The summed E-state index contributed by atoms with van der Waals surface area (Å²) in [5, 5.41) is 12.2. The molecule has 0 aromatic heterocycles. The highest BCUT2D eigenvalue weighted by Crippen LogP contribution is 2.39. The van der Waals surface area contributed by atoms with Crippen molar-refractivity contribution in [1.29, 1.82) is 0 Å². The molecule has 1 atom stereocenters. The normalized spacial score (nSPS) is 28.3. The minimum absolute atomic E-state index is 0.128. The number of nitrogens with zero attached hydrogens (tertiary/aromatic N) is 1. The van der Waals surface area contributed by atoms with Crippen LogP contribution in [0.3, 0.4) is 0 Å². The standard InChI is InChI=1S/C13H22N2O3/c1-12(2,9-4-5-9)14-11(18)15-7-6-13(3,8-15)10(16)17/h9H,4-8H2,1-3H3,(H,14,18)(H,16,17). The third kappa shape index (κ3) is 2.44. The molecule has 2 N–H and O–H groups in total. The summed E-state index contributed by atoms with van der Waals surface area (Å²) < 4.78 is 0. The van der Waals surface area contributed by atoms with E-state index in [9.17, 15) is 9.59 Å². The molecule has 0 spiro atoms. The van der Waals surface area contributed by atoms with Crippen molar-refractivity contribution < 1.29 is 14.7 Å². The van der Waals surface area contributed by atoms with Crippen LogP contribution < -0.4 is 5.32 Å². The first kappa shape index (κ1) is 13.2. The van der Waals surface area contributed by atoms with Crippen LogP contribution in [0.4, 0.5) is 4.79 Å². The maximum absolute atomic E-state index is 12.1. The number of carbonyl (C=O) groups is 2. The summed E-state index contributed by atoms with van der Waals surface area (Å²) in [7, 11) is 0. The van der Waals surface area contributed by atoms with Gasteiger partial charge >= 0.3 is 12.0 Å². The molecule has 102 valence electrons. The van der Waals surface area contributed by atoms with E-state index in [2.05, 4.69) is 5.32 Å². The van der Waals surface area contributed by atoms with Crippen LogP contribution in [-0.2, 0) is 4.79 Å². The lowest BCUT2D eigenvalue weighted by Crippen LogP contribution is -2.51. The van der Waals surface area contributed by atoms with Crippen molar-refractivity contribution >= 4 is 12.0 Å². The van der Waals surface area contributed by atoms with Crippen LogP contribution in [0.15, 0.2) is 0 Å². The van der Waals surface area contributed by atoms with Gasteiger partial charge in [-0.3, -0.25) is 4.79 Å². The fourth-order valence-corrected chi connectivity index (χ4v) is 2.57. The van der Waals surface area contributed by atoms with Crippen molar-refractivity contribution in [1.82, 2.24) is 10.2 Å². The fraction of sp³-hybridized carbons (Fsp3) is 0.846. The van der Waals surface area contributed by atoms with E-state index in [0.29, 0.717) is 25.4 Å². The molecule has 2 amide bonds. The molecular formula is C13H22N2O3. The molecule has 0 radical (unpaired) electrons. The summed E-state index contributed by atoms with van der Waals surface area (Å²) in [6.45, 7) is 6.60. The number of carbonyl (C=O) groups excluding carboxylic acids is 1. The predicted octanol–water partition coefficient (Wildman–Crippen LogP) is 1.68. The Hall–Kier alpha value is -1.26. The Morgan fingerprint density at radius 1 is 1.39 bits per heavy atom. The summed E-state index contributed by atoms with van der Waals surface area (Å²) in [6, 6.07) is -0.128. The second-order valence-electron chi connectivity index (χ2n) is 6.46. The van der Waals surface area contributed by atoms with Crippen molar-refractivity contribution in [2.45, 2.75) is 45.6 Å². The number of carboxylic acid groups (broad SMARTS) is 1. The average Bonchev–Trinajstić information content (AvgIpc) is 3.02. The van der Waals surface area contributed by atoms with Gasteiger partial charge in [0.25, 0.3) is 0 Å². The molecule has 5 nitrogen and oxygen atoms in total. The molecule has 1 aliphatic heterocycles. The number of nitrogens with one attached hydrogen (secondary N) is 1. The molecule has 1 unspecified atom stereocenters. The SMILES string of the molecule is CC1(C(=O)O)CCN(C(=O)NC(C)(C)C2CC2)C1. The Morgan fingerprint density at radius 2 is 2.00 bits per heavy atom. The van der Waals surface area contributed by atoms with Crippen LogP contribution in [0.2, 0.25) is 0 Å². The monoisotopic (exact) mass is 254 g/mol. The quantitative estimate of drug-likeness (QED) is 0.805. The summed E-state index contributed by atoms with van der Waals surface area (Å²) in [4.78, 5) is 24.9. The lowest BCUT2D eigenvalue weighted by molar-refractivity contribution is -0.146. The molecular weight excluding hydrogens is 232 g/mol. The molecule has 2 fully saturated rings. The van der Waals surface area contributed by atoms with Crippen molar-refractivity contribution in [3.05, 3.63) is 0 Å². The Bertz CT molecular complexity index is 376. The number of amides is 2. The molecule has 0 aromatic carbocycles. The predicted molar refractivity (Wildman–Crippen MR) is 67.3 cm³/mol. The van der Waals surface area contributed by atoms with E-state index in [-0.39, 0.29) is 11.6 Å². The fourth-order valence-electron chi connectivity index (χ4n) is 2.57. The van der Waals surface area contributed by atoms with Gasteiger partial charge in [-0.25, -0.2) is 4.79 Å². The van der Waals surface area contributed by atoms with Gasteiger partial charge in [0.1, 0.15) is 0 Å². The van der Waals surface area contributed by atoms with Gasteiger partial charge in [-0.2, -0.15) is 0 Å². The van der Waals surface area contributed by atoms with Gasteiger partial charge in [-0.15, -0.1) is 0 Å². The molecule has 1 saturated heterocycles. The highest BCUT2D eigenvalue weighted by Gasteiger charge is 2.44. The van der Waals surface area contributed by atoms with Gasteiger partial charge in [0.05, 0.1) is 5.41 Å². The van der Waals surface area contributed by atoms with E-state index in [1.54, 1.807) is 11.8 Å². The molecule has 1 saturated carbocycles. The van der Waals surface area contributed by atoms with Gasteiger partial charge in [0.15, 0.2) is 0 Å². The number of hydrogen-bond donors (Lipinski definition) is 2. The van der Waals surface area contributed by atoms with E-state index in [1.165, 1.54) is 12.8 Å². The number of carboxylic acids is 1. The number of urea groups is 1. The Kier molecular flexibility index (Phi) is 3.03. The molecule has 1 aliphatic carbocycles. The number of hydrogen-bond acceptors (Lipinski definition) is 2. The smallest absolute Gasteiger partial charge is 0.317 e. The number of aliphatic carboxylic acids is 1. The molecule has 18 heavy (non-hydrogen) atoms. The van der Waals surface area contributed by atoms with Crippen molar-refractivity contribution in [3.63, 3.8) is 0 Å². The third-order valence-electron chi connectivity index (χ3n) is 4.30. The van der Waals surface area contributed by atoms with Gasteiger partial charge in [0.2, 0.25) is 0 Å². The average molecular weight is 254 g/mol. The summed E-state index contributed by atoms with van der Waals surface area (Å²) >= 11 is 0. The summed E-state index contributed by atoms with van der Waals surface area (Å²) in [6.07, 6.45) is 2.86. The second kappa shape index (κ2) is 4.14. The first-order valence-electron chi connectivity index (χ1n) is 6.55. The first-order valence-corrected chi connectivity index (χ1v) is 6.55. The van der Waals surface area contributed by atoms with Gasteiger partial charge in [-0.1, -0.05) is 0 Å². The largest absolute Gasteiger partial charge is 0.481 e. The number of likely N-dealkylation sites (tertiary alicyclic amines) is 1. The zero-order valence-corrected chi connectivity index (χ0v) is 11.3. The van der Waals surface area contributed by atoms with Gasteiger partial charge < -0.3 is 15.3 Å². The lowest BCUT2D eigenvalue weighted by Gasteiger charge is -2.29. The summed E-state index contributed by atoms with van der Waals surface area (Å²) in [5.41, 5.74) is -0.972. The van der Waals surface area contributed by atoms with Crippen LogP contribution in [0.1, 0.15) is 40.0 Å². The van der Waals surface area contributed by atoms with E-state index in [1.807, 2.05) is 13.8 Å². The van der Waals surface area contributed by atoms with Crippen molar-refractivity contribution in [2.24, 2.45) is 11.3 Å². The molecule has 2 aliphatic rings. The van der Waals surface area contributed by atoms with Crippen LogP contribution >= 0.6 is 0 Å². The minimum atomic E-state index is -0.820. The minimum Gasteiger partial charge on any atom is -0.481 e. The topological polar surface area (TPSA) is 69.6 Å². The molecule has 1 heterocycles.